The van der Waals surface area contributed by atoms with Crippen molar-refractivity contribution in [1.82, 2.24) is 10.2 Å². The topological polar surface area (TPSA) is 32.3 Å². The molecule has 2 aliphatic rings. The number of rotatable bonds is 6. The molecule has 1 saturated carbocycles. The highest BCUT2D eigenvalue weighted by atomic mass is 16.1. The van der Waals surface area contributed by atoms with E-state index in [2.05, 4.69) is 17.1 Å². The number of nitrogens with zero attached hydrogens (tertiary/aromatic N) is 1. The summed E-state index contributed by atoms with van der Waals surface area (Å²) < 4.78 is 0. The van der Waals surface area contributed by atoms with Gasteiger partial charge in [-0.3, -0.25) is 9.69 Å². The Kier molecular flexibility index (Phi) is 5.48. The molecule has 0 aromatic rings. The van der Waals surface area contributed by atoms with Gasteiger partial charge in [-0.15, -0.1) is 0 Å². The van der Waals surface area contributed by atoms with E-state index >= 15 is 0 Å². The van der Waals surface area contributed by atoms with Crippen LogP contribution in [0.15, 0.2) is 0 Å². The highest BCUT2D eigenvalue weighted by molar-refractivity contribution is 5.75. The summed E-state index contributed by atoms with van der Waals surface area (Å²) in [5, 5.41) is 3.13. The molecule has 0 spiro atoms. The Morgan fingerprint density at radius 1 is 1.22 bits per heavy atom. The first-order chi connectivity index (χ1) is 8.79. The second-order valence-corrected chi connectivity index (χ2v) is 5.92. The van der Waals surface area contributed by atoms with Crippen LogP contribution >= 0.6 is 0 Å². The zero-order valence-corrected chi connectivity index (χ0v) is 11.8. The van der Waals surface area contributed by atoms with Gasteiger partial charge in [-0.1, -0.05) is 32.6 Å². The van der Waals surface area contributed by atoms with Crippen molar-refractivity contribution in [3.63, 3.8) is 0 Å². The molecule has 1 amide bonds. The molecule has 0 radical (unpaired) electrons. The SMILES string of the molecule is CCN1CCCC1CNC(=O)CCC1CCCC1. The fraction of sp³-hybridized carbons (Fsp3) is 0.933. The van der Waals surface area contributed by atoms with Crippen LogP contribution in [-0.4, -0.2) is 36.5 Å². The maximum atomic E-state index is 11.8. The van der Waals surface area contributed by atoms with Gasteiger partial charge in [0.25, 0.3) is 0 Å². The van der Waals surface area contributed by atoms with Crippen molar-refractivity contribution in [2.45, 2.75) is 64.3 Å². The minimum atomic E-state index is 0.268. The van der Waals surface area contributed by atoms with Crippen molar-refractivity contribution in [2.75, 3.05) is 19.6 Å². The third-order valence-corrected chi connectivity index (χ3v) is 4.69. The minimum Gasteiger partial charge on any atom is -0.355 e. The smallest absolute Gasteiger partial charge is 0.220 e. The predicted octanol–water partition coefficient (Wildman–Crippen LogP) is 2.56. The van der Waals surface area contributed by atoms with E-state index in [0.29, 0.717) is 6.04 Å². The lowest BCUT2D eigenvalue weighted by Crippen LogP contribution is -2.40. The monoisotopic (exact) mass is 252 g/mol. The molecule has 1 aliphatic carbocycles. The highest BCUT2D eigenvalue weighted by Gasteiger charge is 2.23. The van der Waals surface area contributed by atoms with Gasteiger partial charge in [-0.2, -0.15) is 0 Å². The molecular formula is C15H28N2O. The standard InChI is InChI=1S/C15H28N2O/c1-2-17-11-5-8-14(17)12-16-15(18)10-9-13-6-3-4-7-13/h13-14H,2-12H2,1H3,(H,16,18). The molecule has 18 heavy (non-hydrogen) atoms. The van der Waals surface area contributed by atoms with E-state index in [0.717, 1.165) is 31.8 Å². The molecule has 0 aromatic heterocycles. The van der Waals surface area contributed by atoms with Gasteiger partial charge in [0.2, 0.25) is 5.91 Å². The van der Waals surface area contributed by atoms with Crippen LogP contribution in [0.4, 0.5) is 0 Å². The van der Waals surface area contributed by atoms with E-state index in [1.54, 1.807) is 0 Å². The number of likely N-dealkylation sites (tertiary alicyclic amines) is 1. The van der Waals surface area contributed by atoms with Gasteiger partial charge in [0, 0.05) is 19.0 Å². The third-order valence-electron chi connectivity index (χ3n) is 4.69. The van der Waals surface area contributed by atoms with Crippen LogP contribution in [0.5, 0.6) is 0 Å². The highest BCUT2D eigenvalue weighted by Crippen LogP contribution is 2.28. The number of amides is 1. The summed E-state index contributed by atoms with van der Waals surface area (Å²) in [6.07, 6.45) is 9.82. The van der Waals surface area contributed by atoms with Gasteiger partial charge in [0.15, 0.2) is 0 Å². The van der Waals surface area contributed by atoms with Gasteiger partial charge >= 0.3 is 0 Å². The second-order valence-electron chi connectivity index (χ2n) is 5.92. The molecule has 0 bridgehead atoms. The van der Waals surface area contributed by atoms with Crippen LogP contribution in [0.2, 0.25) is 0 Å². The molecule has 2 rings (SSSR count). The zero-order chi connectivity index (χ0) is 12.8. The lowest BCUT2D eigenvalue weighted by atomic mass is 10.0. The second kappa shape index (κ2) is 7.13. The number of carbonyl (C=O) groups is 1. The van der Waals surface area contributed by atoms with Crippen molar-refractivity contribution in [2.24, 2.45) is 5.92 Å². The number of hydrogen-bond acceptors (Lipinski definition) is 2. The van der Waals surface area contributed by atoms with Gasteiger partial charge in [0.05, 0.1) is 0 Å². The predicted molar refractivity (Wildman–Crippen MR) is 74.5 cm³/mol. The number of nitrogens with one attached hydrogen (secondary N) is 1. The lowest BCUT2D eigenvalue weighted by Gasteiger charge is -2.23. The quantitative estimate of drug-likeness (QED) is 0.788. The maximum absolute atomic E-state index is 11.8. The Balaban J connectivity index is 1.59. The van der Waals surface area contributed by atoms with Crippen molar-refractivity contribution >= 4 is 5.91 Å². The molecule has 1 N–H and O–H groups in total. The molecule has 104 valence electrons. The Morgan fingerprint density at radius 3 is 2.72 bits per heavy atom. The van der Waals surface area contributed by atoms with E-state index < -0.39 is 0 Å². The molecule has 0 aromatic carbocycles. The molecule has 1 saturated heterocycles. The normalized spacial score (nSPS) is 25.7. The van der Waals surface area contributed by atoms with E-state index in [4.69, 9.17) is 0 Å². The Hall–Kier alpha value is -0.570. The van der Waals surface area contributed by atoms with Crippen molar-refractivity contribution in [3.8, 4) is 0 Å². The third kappa shape index (κ3) is 3.98. The Morgan fingerprint density at radius 2 is 2.00 bits per heavy atom. The largest absolute Gasteiger partial charge is 0.355 e. The van der Waals surface area contributed by atoms with Crippen LogP contribution in [-0.2, 0) is 4.79 Å². The first kappa shape index (κ1) is 13.9. The molecule has 1 heterocycles. The Labute approximate surface area is 111 Å². The maximum Gasteiger partial charge on any atom is 0.220 e. The average Bonchev–Trinajstić information content (AvgIpc) is 3.04. The summed E-state index contributed by atoms with van der Waals surface area (Å²) in [5.74, 6) is 1.10. The summed E-state index contributed by atoms with van der Waals surface area (Å²) in [7, 11) is 0. The first-order valence-electron chi connectivity index (χ1n) is 7.80. The molecule has 2 fully saturated rings. The summed E-state index contributed by atoms with van der Waals surface area (Å²) >= 11 is 0. The van der Waals surface area contributed by atoms with Gasteiger partial charge in [-0.05, 0) is 38.3 Å². The van der Waals surface area contributed by atoms with E-state index in [9.17, 15) is 4.79 Å². The summed E-state index contributed by atoms with van der Waals surface area (Å²) in [5.41, 5.74) is 0. The molecular weight excluding hydrogens is 224 g/mol. The van der Waals surface area contributed by atoms with Gasteiger partial charge in [0.1, 0.15) is 0 Å². The fourth-order valence-corrected chi connectivity index (χ4v) is 3.50. The fourth-order valence-electron chi connectivity index (χ4n) is 3.50. The van der Waals surface area contributed by atoms with E-state index in [-0.39, 0.29) is 5.91 Å². The van der Waals surface area contributed by atoms with Crippen LogP contribution < -0.4 is 5.32 Å². The molecule has 3 nitrogen and oxygen atoms in total. The molecule has 1 atom stereocenters. The molecule has 3 heteroatoms. The van der Waals surface area contributed by atoms with Gasteiger partial charge < -0.3 is 5.32 Å². The number of likely N-dealkylation sites (N-methyl/N-ethyl adjacent to an activating group) is 1. The van der Waals surface area contributed by atoms with Crippen molar-refractivity contribution < 1.29 is 4.79 Å². The van der Waals surface area contributed by atoms with Crippen LogP contribution in [0.25, 0.3) is 0 Å². The van der Waals surface area contributed by atoms with E-state index in [1.807, 2.05) is 0 Å². The summed E-state index contributed by atoms with van der Waals surface area (Å²) in [4.78, 5) is 14.3. The van der Waals surface area contributed by atoms with Crippen molar-refractivity contribution in [3.05, 3.63) is 0 Å². The lowest BCUT2D eigenvalue weighted by molar-refractivity contribution is -0.121. The molecule has 1 aliphatic heterocycles. The zero-order valence-electron chi connectivity index (χ0n) is 11.8. The average molecular weight is 252 g/mol. The van der Waals surface area contributed by atoms with Gasteiger partial charge in [-0.25, -0.2) is 0 Å². The van der Waals surface area contributed by atoms with Crippen molar-refractivity contribution in [1.29, 1.82) is 0 Å². The minimum absolute atomic E-state index is 0.268. The molecule has 1 unspecified atom stereocenters. The summed E-state index contributed by atoms with van der Waals surface area (Å²) in [6, 6.07) is 0.588. The first-order valence-corrected chi connectivity index (χ1v) is 7.80. The summed E-state index contributed by atoms with van der Waals surface area (Å²) in [6.45, 7) is 5.39. The van der Waals surface area contributed by atoms with E-state index in [1.165, 1.54) is 45.1 Å². The number of carbonyl (C=O) groups excluding carboxylic acids is 1. The van der Waals surface area contributed by atoms with Crippen LogP contribution in [0.1, 0.15) is 58.3 Å². The van der Waals surface area contributed by atoms with Crippen LogP contribution in [0, 0.1) is 5.92 Å². The Bertz CT molecular complexity index is 261. The number of hydrogen-bond donors (Lipinski definition) is 1. The van der Waals surface area contributed by atoms with Crippen LogP contribution in [0.3, 0.4) is 0 Å².